The third-order valence-corrected chi connectivity index (χ3v) is 4.48. The molecular formula is C18H25N5O3. The highest BCUT2D eigenvalue weighted by Crippen LogP contribution is 2.36. The minimum atomic E-state index is -0.358. The number of aromatic nitrogens is 3. The van der Waals surface area contributed by atoms with Crippen LogP contribution in [0.1, 0.15) is 44.7 Å². The van der Waals surface area contributed by atoms with Gasteiger partial charge in [0.15, 0.2) is 5.82 Å². The number of carbonyl (C=O) groups excluding carboxylic acids is 1. The number of pyridine rings is 1. The number of hydrogen-bond donors (Lipinski definition) is 3. The molecule has 2 aromatic heterocycles. The van der Waals surface area contributed by atoms with Gasteiger partial charge in [0.05, 0.1) is 0 Å². The molecule has 3 rings (SSSR count). The lowest BCUT2D eigenvalue weighted by Crippen LogP contribution is -2.33. The van der Waals surface area contributed by atoms with Crippen molar-refractivity contribution >= 4 is 17.6 Å². The van der Waals surface area contributed by atoms with Crippen LogP contribution in [0.4, 0.5) is 16.3 Å². The second-order valence-electron chi connectivity index (χ2n) is 7.03. The first-order valence-electron chi connectivity index (χ1n) is 8.87. The number of anilines is 2. The zero-order chi connectivity index (χ0) is 18.7. The summed E-state index contributed by atoms with van der Waals surface area (Å²) in [7, 11) is 1.71. The fraction of sp³-hybridized carbons (Fsp3) is 0.500. The summed E-state index contributed by atoms with van der Waals surface area (Å²) >= 11 is 0. The van der Waals surface area contributed by atoms with Crippen LogP contribution in [-0.2, 0) is 11.8 Å². The Morgan fingerprint density at radius 3 is 2.92 bits per heavy atom. The number of amides is 1. The Morgan fingerprint density at radius 1 is 1.38 bits per heavy atom. The van der Waals surface area contributed by atoms with Gasteiger partial charge in [-0.2, -0.15) is 5.10 Å². The highest BCUT2D eigenvalue weighted by atomic mass is 16.6. The Balaban J connectivity index is 1.57. The second-order valence-corrected chi connectivity index (χ2v) is 7.03. The molecule has 2 heterocycles. The van der Waals surface area contributed by atoms with Gasteiger partial charge in [-0.1, -0.05) is 0 Å². The molecule has 0 aliphatic heterocycles. The molecule has 0 radical (unpaired) electrons. The van der Waals surface area contributed by atoms with Gasteiger partial charge in [-0.15, -0.1) is 0 Å². The van der Waals surface area contributed by atoms with E-state index in [0.717, 1.165) is 25.0 Å². The molecule has 0 aromatic carbocycles. The molecule has 3 N–H and O–H groups in total. The molecule has 0 saturated heterocycles. The first-order valence-corrected chi connectivity index (χ1v) is 8.87. The largest absolute Gasteiger partial charge is 0.446 e. The molecule has 0 spiro atoms. The minimum absolute atomic E-state index is 0.0655. The smallest absolute Gasteiger partial charge is 0.407 e. The summed E-state index contributed by atoms with van der Waals surface area (Å²) in [5.74, 6) is 0.939. The van der Waals surface area contributed by atoms with Gasteiger partial charge in [0.25, 0.3) is 5.56 Å². The fourth-order valence-corrected chi connectivity index (χ4v) is 3.13. The van der Waals surface area contributed by atoms with Crippen molar-refractivity contribution < 1.29 is 9.53 Å². The van der Waals surface area contributed by atoms with Crippen molar-refractivity contribution in [2.75, 3.05) is 5.32 Å². The number of aryl methyl sites for hydroxylation is 1. The number of H-pyrrole nitrogens is 1. The zero-order valence-corrected chi connectivity index (χ0v) is 15.3. The van der Waals surface area contributed by atoms with Crippen LogP contribution in [0.25, 0.3) is 0 Å². The number of hydrogen-bond acceptors (Lipinski definition) is 5. The number of rotatable bonds is 5. The Kier molecular flexibility index (Phi) is 5.29. The second kappa shape index (κ2) is 7.63. The highest BCUT2D eigenvalue weighted by molar-refractivity contribution is 5.67. The van der Waals surface area contributed by atoms with Gasteiger partial charge in [-0.3, -0.25) is 9.89 Å². The maximum atomic E-state index is 11.7. The molecule has 1 fully saturated rings. The first-order chi connectivity index (χ1) is 12.4. The number of ether oxygens (including phenoxy) is 1. The molecule has 1 aliphatic carbocycles. The van der Waals surface area contributed by atoms with Gasteiger partial charge in [0.1, 0.15) is 6.10 Å². The number of alkyl carbamates (subject to hydrolysis) is 1. The summed E-state index contributed by atoms with van der Waals surface area (Å²) in [5, 5.41) is 13.2. The number of aromatic amines is 1. The van der Waals surface area contributed by atoms with E-state index in [1.54, 1.807) is 13.2 Å². The van der Waals surface area contributed by atoms with Crippen LogP contribution >= 0.6 is 0 Å². The van der Waals surface area contributed by atoms with Crippen LogP contribution in [-0.4, -0.2) is 33.0 Å². The number of carbonyl (C=O) groups is 1. The molecule has 2 aromatic rings. The average Bonchev–Trinajstić information content (AvgIpc) is 3.19. The molecular weight excluding hydrogens is 334 g/mol. The first kappa shape index (κ1) is 18.0. The van der Waals surface area contributed by atoms with Crippen LogP contribution in [0.2, 0.25) is 0 Å². The molecule has 1 saturated carbocycles. The van der Waals surface area contributed by atoms with Gasteiger partial charge in [0, 0.05) is 48.7 Å². The summed E-state index contributed by atoms with van der Waals surface area (Å²) < 4.78 is 6.97. The summed E-state index contributed by atoms with van der Waals surface area (Å²) in [4.78, 5) is 23.4. The van der Waals surface area contributed by atoms with Crippen molar-refractivity contribution in [3.8, 4) is 0 Å². The predicted octanol–water partition coefficient (Wildman–Crippen LogP) is 2.62. The van der Waals surface area contributed by atoms with E-state index >= 15 is 0 Å². The molecule has 0 bridgehead atoms. The summed E-state index contributed by atoms with van der Waals surface area (Å²) in [6, 6.07) is 5.36. The molecule has 26 heavy (non-hydrogen) atoms. The quantitative estimate of drug-likeness (QED) is 0.762. The topological polar surface area (TPSA) is 101 Å². The Hall–Kier alpha value is -2.77. The van der Waals surface area contributed by atoms with E-state index in [4.69, 9.17) is 4.74 Å². The minimum Gasteiger partial charge on any atom is -0.446 e. The Bertz CT molecular complexity index is 826. The normalized spacial score (nSPS) is 19.5. The molecule has 0 unspecified atom stereocenters. The predicted molar refractivity (Wildman–Crippen MR) is 98.7 cm³/mol. The van der Waals surface area contributed by atoms with Crippen LogP contribution < -0.4 is 16.2 Å². The van der Waals surface area contributed by atoms with E-state index in [1.165, 1.54) is 10.6 Å². The van der Waals surface area contributed by atoms with Crippen molar-refractivity contribution in [3.05, 3.63) is 40.4 Å². The van der Waals surface area contributed by atoms with Crippen LogP contribution in [0.15, 0.2) is 29.2 Å². The van der Waals surface area contributed by atoms with Crippen molar-refractivity contribution in [1.82, 2.24) is 20.1 Å². The van der Waals surface area contributed by atoms with E-state index in [-0.39, 0.29) is 29.7 Å². The van der Waals surface area contributed by atoms with E-state index < -0.39 is 0 Å². The van der Waals surface area contributed by atoms with Gasteiger partial charge in [0.2, 0.25) is 0 Å². The summed E-state index contributed by atoms with van der Waals surface area (Å²) in [6.45, 7) is 3.81. The summed E-state index contributed by atoms with van der Waals surface area (Å²) in [5.41, 5.74) is 1.62. The molecule has 8 nitrogen and oxygen atoms in total. The maximum Gasteiger partial charge on any atom is 0.407 e. The molecule has 140 valence electrons. The molecule has 1 aliphatic rings. The standard InChI is InChI=1S/C18H25N5O3/c1-11(2)19-18(25)26-14-5-4-12(8-14)15-10-16(22-21-15)20-13-6-7-23(3)17(24)9-13/h6-7,9-12,14H,4-5,8H2,1-3H3,(H,19,25)(H2,20,21,22)/t12-,14+/m0/s1. The van der Waals surface area contributed by atoms with Crippen molar-refractivity contribution in [3.63, 3.8) is 0 Å². The fourth-order valence-electron chi connectivity index (χ4n) is 3.13. The lowest BCUT2D eigenvalue weighted by molar-refractivity contribution is 0.0981. The SMILES string of the molecule is CC(C)NC(=O)O[C@@H]1CC[C@H](c2cc(Nc3ccn(C)c(=O)c3)n[nH]2)C1. The van der Waals surface area contributed by atoms with Crippen molar-refractivity contribution in [2.24, 2.45) is 7.05 Å². The van der Waals surface area contributed by atoms with Gasteiger partial charge in [-0.05, 0) is 39.2 Å². The van der Waals surface area contributed by atoms with Gasteiger partial charge >= 0.3 is 6.09 Å². The van der Waals surface area contributed by atoms with Gasteiger partial charge < -0.3 is 19.9 Å². The van der Waals surface area contributed by atoms with E-state index in [0.29, 0.717) is 11.5 Å². The highest BCUT2D eigenvalue weighted by Gasteiger charge is 2.30. The number of nitrogens with zero attached hydrogens (tertiary/aromatic N) is 2. The van der Waals surface area contributed by atoms with Crippen LogP contribution in [0.3, 0.4) is 0 Å². The average molecular weight is 359 g/mol. The van der Waals surface area contributed by atoms with E-state index in [1.807, 2.05) is 26.0 Å². The molecule has 1 amide bonds. The van der Waals surface area contributed by atoms with Crippen molar-refractivity contribution in [1.29, 1.82) is 0 Å². The maximum absolute atomic E-state index is 11.7. The summed E-state index contributed by atoms with van der Waals surface area (Å²) in [6.07, 6.45) is 3.83. The monoisotopic (exact) mass is 359 g/mol. The Morgan fingerprint density at radius 2 is 2.19 bits per heavy atom. The lowest BCUT2D eigenvalue weighted by atomic mass is 10.0. The molecule has 8 heteroatoms. The number of nitrogens with one attached hydrogen (secondary N) is 3. The molecule has 2 atom stereocenters. The van der Waals surface area contributed by atoms with Gasteiger partial charge in [-0.25, -0.2) is 4.79 Å². The Labute approximate surface area is 151 Å². The van der Waals surface area contributed by atoms with E-state index in [9.17, 15) is 9.59 Å². The van der Waals surface area contributed by atoms with Crippen LogP contribution in [0.5, 0.6) is 0 Å². The third-order valence-electron chi connectivity index (χ3n) is 4.48. The van der Waals surface area contributed by atoms with Crippen molar-refractivity contribution in [2.45, 2.75) is 51.2 Å². The third kappa shape index (κ3) is 4.44. The van der Waals surface area contributed by atoms with Crippen LogP contribution in [0, 0.1) is 0 Å². The lowest BCUT2D eigenvalue weighted by Gasteiger charge is -2.14. The van der Waals surface area contributed by atoms with E-state index in [2.05, 4.69) is 20.8 Å². The zero-order valence-electron chi connectivity index (χ0n) is 15.3.